The molecule has 0 aromatic heterocycles. The molecule has 0 saturated carbocycles. The molecule has 1 amide bonds. The van der Waals surface area contributed by atoms with Gasteiger partial charge in [-0.05, 0) is 52.3 Å². The molecule has 0 heterocycles. The van der Waals surface area contributed by atoms with Crippen LogP contribution in [0.2, 0.25) is 0 Å². The quantitative estimate of drug-likeness (QED) is 0.284. The Balaban J connectivity index is 0.00000676. The maximum atomic E-state index is 11.9. The van der Waals surface area contributed by atoms with Gasteiger partial charge >= 0.3 is 0 Å². The van der Waals surface area contributed by atoms with Crippen LogP contribution in [0, 0.1) is 12.3 Å². The van der Waals surface area contributed by atoms with Gasteiger partial charge in [0.2, 0.25) is 5.91 Å². The highest BCUT2D eigenvalue weighted by molar-refractivity contribution is 14.0. The fourth-order valence-electron chi connectivity index (χ4n) is 2.63. The molecular weight excluding hydrogens is 453 g/mol. The number of nitrogens with one attached hydrogen (secondary N) is 3. The Bertz CT molecular complexity index is 604. The van der Waals surface area contributed by atoms with Crippen LogP contribution < -0.4 is 20.9 Å². The second kappa shape index (κ2) is 12.8. The van der Waals surface area contributed by atoms with Crippen LogP contribution in [0.5, 0.6) is 0 Å². The molecule has 0 bridgehead atoms. The van der Waals surface area contributed by atoms with Crippen molar-refractivity contribution in [2.75, 3.05) is 44.7 Å². The standard InChI is InChI=1S/C20H35N5O.HI/c1-7-22-19(24-15-20(4,5)18(26)21-6)23-12-13-25(8-2)17-11-9-10-16(3)14-17;/h9-11,14H,7-8,12-13,15H2,1-6H3,(H,21,26)(H2,22,23,24);1H. The maximum Gasteiger partial charge on any atom is 0.227 e. The van der Waals surface area contributed by atoms with Gasteiger partial charge in [-0.15, -0.1) is 24.0 Å². The predicted octanol–water partition coefficient (Wildman–Crippen LogP) is 2.77. The Morgan fingerprint density at radius 3 is 2.48 bits per heavy atom. The number of amides is 1. The van der Waals surface area contributed by atoms with Gasteiger partial charge in [0.05, 0.1) is 12.0 Å². The smallest absolute Gasteiger partial charge is 0.227 e. The van der Waals surface area contributed by atoms with Gasteiger partial charge in [0.25, 0.3) is 0 Å². The molecular formula is C20H36IN5O. The van der Waals surface area contributed by atoms with Crippen molar-refractivity contribution in [2.45, 2.75) is 34.6 Å². The van der Waals surface area contributed by atoms with Gasteiger partial charge in [-0.2, -0.15) is 0 Å². The molecule has 0 aliphatic rings. The number of hydrogen-bond acceptors (Lipinski definition) is 3. The van der Waals surface area contributed by atoms with Crippen LogP contribution in [0.15, 0.2) is 29.3 Å². The minimum atomic E-state index is -0.534. The summed E-state index contributed by atoms with van der Waals surface area (Å²) in [4.78, 5) is 18.8. The zero-order valence-corrected chi connectivity index (χ0v) is 19.9. The third kappa shape index (κ3) is 8.81. The molecule has 1 aromatic carbocycles. The molecule has 0 radical (unpaired) electrons. The van der Waals surface area contributed by atoms with Crippen LogP contribution in [0.4, 0.5) is 5.69 Å². The number of likely N-dealkylation sites (N-methyl/N-ethyl adjacent to an activating group) is 1. The van der Waals surface area contributed by atoms with Gasteiger partial charge in [-0.3, -0.25) is 9.79 Å². The second-order valence-corrected chi connectivity index (χ2v) is 7.00. The van der Waals surface area contributed by atoms with Crippen molar-refractivity contribution in [3.8, 4) is 0 Å². The number of aliphatic imine (C=N–C) groups is 1. The summed E-state index contributed by atoms with van der Waals surface area (Å²) in [6, 6.07) is 8.54. The second-order valence-electron chi connectivity index (χ2n) is 7.00. The molecule has 0 spiro atoms. The number of guanidine groups is 1. The van der Waals surface area contributed by atoms with E-state index in [4.69, 9.17) is 0 Å². The van der Waals surface area contributed by atoms with Gasteiger partial charge < -0.3 is 20.9 Å². The summed E-state index contributed by atoms with van der Waals surface area (Å²) in [6.45, 7) is 13.9. The molecule has 3 N–H and O–H groups in total. The van der Waals surface area contributed by atoms with Gasteiger partial charge in [0.15, 0.2) is 5.96 Å². The summed E-state index contributed by atoms with van der Waals surface area (Å²) in [7, 11) is 1.65. The Morgan fingerprint density at radius 2 is 1.93 bits per heavy atom. The number of carbonyl (C=O) groups excluding carboxylic acids is 1. The highest BCUT2D eigenvalue weighted by Gasteiger charge is 2.26. The average molecular weight is 489 g/mol. The number of rotatable bonds is 9. The largest absolute Gasteiger partial charge is 0.370 e. The van der Waals surface area contributed by atoms with Crippen molar-refractivity contribution in [1.82, 2.24) is 16.0 Å². The molecule has 0 aliphatic heterocycles. The topological polar surface area (TPSA) is 68.8 Å². The van der Waals surface area contributed by atoms with E-state index in [1.54, 1.807) is 7.05 Å². The average Bonchev–Trinajstić information content (AvgIpc) is 2.62. The monoisotopic (exact) mass is 489 g/mol. The summed E-state index contributed by atoms with van der Waals surface area (Å²) < 4.78 is 0. The van der Waals surface area contributed by atoms with E-state index in [0.717, 1.165) is 32.1 Å². The van der Waals surface area contributed by atoms with Crippen molar-refractivity contribution in [3.63, 3.8) is 0 Å². The molecule has 1 rings (SSSR count). The van der Waals surface area contributed by atoms with E-state index in [-0.39, 0.29) is 29.9 Å². The number of anilines is 1. The first kappa shape index (κ1) is 25.5. The van der Waals surface area contributed by atoms with Crippen molar-refractivity contribution in [1.29, 1.82) is 0 Å². The first-order valence-corrected chi connectivity index (χ1v) is 9.40. The molecule has 0 fully saturated rings. The highest BCUT2D eigenvalue weighted by atomic mass is 127. The zero-order chi connectivity index (χ0) is 19.6. The molecule has 1 aromatic rings. The van der Waals surface area contributed by atoms with Gasteiger partial charge in [-0.1, -0.05) is 12.1 Å². The number of nitrogens with zero attached hydrogens (tertiary/aromatic N) is 2. The summed E-state index contributed by atoms with van der Waals surface area (Å²) >= 11 is 0. The van der Waals surface area contributed by atoms with Crippen molar-refractivity contribution >= 4 is 41.5 Å². The molecule has 7 heteroatoms. The van der Waals surface area contributed by atoms with Crippen LogP contribution in [0.3, 0.4) is 0 Å². The van der Waals surface area contributed by atoms with E-state index in [0.29, 0.717) is 6.54 Å². The molecule has 0 saturated heterocycles. The SMILES string of the molecule is CCNC(=NCC(C)(C)C(=O)NC)NCCN(CC)c1cccc(C)c1.I. The molecule has 27 heavy (non-hydrogen) atoms. The van der Waals surface area contributed by atoms with Crippen LogP contribution in [-0.4, -0.2) is 51.6 Å². The first-order chi connectivity index (χ1) is 12.3. The normalized spacial score (nSPS) is 11.4. The molecule has 154 valence electrons. The van der Waals surface area contributed by atoms with E-state index in [9.17, 15) is 4.79 Å². The first-order valence-electron chi connectivity index (χ1n) is 9.40. The Labute approximate surface area is 181 Å². The zero-order valence-electron chi connectivity index (χ0n) is 17.6. The van der Waals surface area contributed by atoms with Gasteiger partial charge in [-0.25, -0.2) is 0 Å². The Kier molecular flexibility index (Phi) is 12.1. The Hall–Kier alpha value is -1.51. The van der Waals surface area contributed by atoms with Crippen LogP contribution in [0.25, 0.3) is 0 Å². The predicted molar refractivity (Wildman–Crippen MR) is 126 cm³/mol. The number of aryl methyl sites for hydroxylation is 1. The lowest BCUT2D eigenvalue weighted by atomic mass is 9.93. The third-order valence-corrected chi connectivity index (χ3v) is 4.24. The third-order valence-electron chi connectivity index (χ3n) is 4.24. The fourth-order valence-corrected chi connectivity index (χ4v) is 2.63. The highest BCUT2D eigenvalue weighted by Crippen LogP contribution is 2.16. The van der Waals surface area contributed by atoms with Crippen LogP contribution >= 0.6 is 24.0 Å². The maximum absolute atomic E-state index is 11.9. The number of halogens is 1. The van der Waals surface area contributed by atoms with E-state index >= 15 is 0 Å². The number of benzene rings is 1. The summed E-state index contributed by atoms with van der Waals surface area (Å²) in [6.07, 6.45) is 0. The van der Waals surface area contributed by atoms with Crippen molar-refractivity contribution in [2.24, 2.45) is 10.4 Å². The fraction of sp³-hybridized carbons (Fsp3) is 0.600. The van der Waals surface area contributed by atoms with E-state index in [1.807, 2.05) is 20.8 Å². The van der Waals surface area contributed by atoms with Crippen molar-refractivity contribution < 1.29 is 4.79 Å². The molecule has 0 aliphatic carbocycles. The summed E-state index contributed by atoms with van der Waals surface area (Å²) in [5, 5.41) is 9.30. The van der Waals surface area contributed by atoms with Crippen LogP contribution in [0.1, 0.15) is 33.3 Å². The van der Waals surface area contributed by atoms with Gasteiger partial charge in [0.1, 0.15) is 0 Å². The lowest BCUT2D eigenvalue weighted by molar-refractivity contribution is -0.128. The van der Waals surface area contributed by atoms with Crippen LogP contribution in [-0.2, 0) is 4.79 Å². The number of hydrogen-bond donors (Lipinski definition) is 3. The summed E-state index contributed by atoms with van der Waals surface area (Å²) in [5.74, 6) is 0.735. The van der Waals surface area contributed by atoms with E-state index in [1.165, 1.54) is 11.3 Å². The molecule has 6 nitrogen and oxygen atoms in total. The minimum Gasteiger partial charge on any atom is -0.370 e. The number of carbonyl (C=O) groups is 1. The van der Waals surface area contributed by atoms with Gasteiger partial charge in [0, 0.05) is 38.9 Å². The molecule has 0 unspecified atom stereocenters. The Morgan fingerprint density at radius 1 is 1.22 bits per heavy atom. The lowest BCUT2D eigenvalue weighted by Gasteiger charge is -2.25. The van der Waals surface area contributed by atoms with Crippen molar-refractivity contribution in [3.05, 3.63) is 29.8 Å². The van der Waals surface area contributed by atoms with E-state index in [2.05, 4.69) is 64.0 Å². The lowest BCUT2D eigenvalue weighted by Crippen LogP contribution is -2.43. The summed E-state index contributed by atoms with van der Waals surface area (Å²) in [5.41, 5.74) is 1.96. The van der Waals surface area contributed by atoms with E-state index < -0.39 is 5.41 Å². The molecule has 0 atom stereocenters. The minimum absolute atomic E-state index is 0.